The van der Waals surface area contributed by atoms with Gasteiger partial charge in [-0.05, 0) is 31.2 Å². The minimum Gasteiger partial charge on any atom is -0.461 e. The van der Waals surface area contributed by atoms with Gasteiger partial charge in [-0.15, -0.1) is 5.10 Å². The van der Waals surface area contributed by atoms with Gasteiger partial charge in [0.2, 0.25) is 0 Å². The number of esters is 1. The maximum Gasteiger partial charge on any atom is 0.387 e. The Morgan fingerprint density at radius 3 is 2.65 bits per heavy atom. The van der Waals surface area contributed by atoms with E-state index in [1.807, 2.05) is 0 Å². The van der Waals surface area contributed by atoms with Gasteiger partial charge in [-0.2, -0.15) is 8.78 Å². The van der Waals surface area contributed by atoms with Crippen molar-refractivity contribution in [3.8, 4) is 11.4 Å². The van der Waals surface area contributed by atoms with E-state index < -0.39 is 12.6 Å². The standard InChI is InChI=1S/C12H11F2N3O3/c1-2-19-11(18)10-7-17(16-15-10)8-3-5-9(6-4-8)20-12(13)14/h3-7,12H,2H2,1H3. The maximum atomic E-state index is 12.0. The molecule has 0 aliphatic rings. The molecule has 1 heterocycles. The molecule has 0 saturated heterocycles. The summed E-state index contributed by atoms with van der Waals surface area (Å²) < 4.78 is 34.4. The van der Waals surface area contributed by atoms with E-state index in [2.05, 4.69) is 15.0 Å². The Morgan fingerprint density at radius 2 is 2.05 bits per heavy atom. The van der Waals surface area contributed by atoms with Crippen LogP contribution < -0.4 is 4.74 Å². The second kappa shape index (κ2) is 6.09. The number of alkyl halides is 2. The topological polar surface area (TPSA) is 66.2 Å². The predicted octanol–water partition coefficient (Wildman–Crippen LogP) is 2.05. The van der Waals surface area contributed by atoms with E-state index in [1.54, 1.807) is 6.92 Å². The third kappa shape index (κ3) is 3.28. The van der Waals surface area contributed by atoms with Crippen LogP contribution in [0.4, 0.5) is 8.78 Å². The first kappa shape index (κ1) is 13.9. The molecule has 0 atom stereocenters. The highest BCUT2D eigenvalue weighted by atomic mass is 19.3. The normalized spacial score (nSPS) is 10.6. The van der Waals surface area contributed by atoms with E-state index in [-0.39, 0.29) is 18.1 Å². The number of ether oxygens (including phenoxy) is 2. The summed E-state index contributed by atoms with van der Waals surface area (Å²) in [7, 11) is 0. The summed E-state index contributed by atoms with van der Waals surface area (Å²) >= 11 is 0. The van der Waals surface area contributed by atoms with Gasteiger partial charge in [-0.25, -0.2) is 9.48 Å². The molecule has 6 nitrogen and oxygen atoms in total. The van der Waals surface area contributed by atoms with E-state index in [4.69, 9.17) is 4.74 Å². The first-order valence-corrected chi connectivity index (χ1v) is 5.75. The molecule has 0 saturated carbocycles. The molecule has 0 radical (unpaired) electrons. The van der Waals surface area contributed by atoms with Gasteiger partial charge in [0.15, 0.2) is 5.69 Å². The van der Waals surface area contributed by atoms with Gasteiger partial charge in [0.1, 0.15) is 5.75 Å². The lowest BCUT2D eigenvalue weighted by molar-refractivity contribution is -0.0498. The summed E-state index contributed by atoms with van der Waals surface area (Å²) in [5, 5.41) is 7.43. The molecule has 2 rings (SSSR count). The summed E-state index contributed by atoms with van der Waals surface area (Å²) in [6, 6.07) is 5.77. The van der Waals surface area contributed by atoms with Gasteiger partial charge in [0.25, 0.3) is 0 Å². The largest absolute Gasteiger partial charge is 0.461 e. The fourth-order valence-electron chi connectivity index (χ4n) is 1.47. The van der Waals surface area contributed by atoms with Crippen LogP contribution in [0.3, 0.4) is 0 Å². The highest BCUT2D eigenvalue weighted by Crippen LogP contribution is 2.17. The first-order chi connectivity index (χ1) is 9.60. The Hall–Kier alpha value is -2.51. The van der Waals surface area contributed by atoms with Gasteiger partial charge in [0, 0.05) is 0 Å². The predicted molar refractivity (Wildman–Crippen MR) is 63.9 cm³/mol. The van der Waals surface area contributed by atoms with Crippen molar-refractivity contribution < 1.29 is 23.0 Å². The van der Waals surface area contributed by atoms with Gasteiger partial charge < -0.3 is 9.47 Å². The van der Waals surface area contributed by atoms with E-state index >= 15 is 0 Å². The molecule has 0 unspecified atom stereocenters. The van der Waals surface area contributed by atoms with Crippen molar-refractivity contribution in [2.45, 2.75) is 13.5 Å². The van der Waals surface area contributed by atoms with Crippen LogP contribution in [-0.2, 0) is 4.74 Å². The minimum atomic E-state index is -2.87. The van der Waals surface area contributed by atoms with E-state index in [9.17, 15) is 13.6 Å². The molecule has 1 aromatic heterocycles. The zero-order valence-corrected chi connectivity index (χ0v) is 10.5. The molecule has 0 aliphatic heterocycles. The van der Waals surface area contributed by atoms with Crippen molar-refractivity contribution in [1.29, 1.82) is 0 Å². The van der Waals surface area contributed by atoms with Crippen molar-refractivity contribution in [2.75, 3.05) is 6.61 Å². The molecule has 0 fully saturated rings. The fraction of sp³-hybridized carbons (Fsp3) is 0.250. The van der Waals surface area contributed by atoms with E-state index in [0.717, 1.165) is 0 Å². The van der Waals surface area contributed by atoms with Crippen molar-refractivity contribution in [3.05, 3.63) is 36.2 Å². The van der Waals surface area contributed by atoms with Crippen molar-refractivity contribution in [1.82, 2.24) is 15.0 Å². The van der Waals surface area contributed by atoms with Crippen LogP contribution in [0.1, 0.15) is 17.4 Å². The van der Waals surface area contributed by atoms with E-state index in [0.29, 0.717) is 5.69 Å². The molecule has 0 aliphatic carbocycles. The SMILES string of the molecule is CCOC(=O)c1cn(-c2ccc(OC(F)F)cc2)nn1. The molecule has 0 bridgehead atoms. The molecular weight excluding hydrogens is 272 g/mol. The molecule has 106 valence electrons. The Morgan fingerprint density at radius 1 is 1.35 bits per heavy atom. The number of carbonyl (C=O) groups excluding carboxylic acids is 1. The average molecular weight is 283 g/mol. The lowest BCUT2D eigenvalue weighted by Gasteiger charge is -2.05. The maximum absolute atomic E-state index is 12.0. The Labute approximate surface area is 112 Å². The lowest BCUT2D eigenvalue weighted by atomic mass is 10.3. The van der Waals surface area contributed by atoms with Crippen molar-refractivity contribution >= 4 is 5.97 Å². The van der Waals surface area contributed by atoms with E-state index in [1.165, 1.54) is 35.1 Å². The summed E-state index contributed by atoms with van der Waals surface area (Å²) in [5.41, 5.74) is 0.620. The van der Waals surface area contributed by atoms with Crippen LogP contribution in [0, 0.1) is 0 Å². The molecule has 2 aromatic rings. The second-order valence-electron chi connectivity index (χ2n) is 3.64. The smallest absolute Gasteiger partial charge is 0.387 e. The fourth-order valence-corrected chi connectivity index (χ4v) is 1.47. The third-order valence-electron chi connectivity index (χ3n) is 2.30. The quantitative estimate of drug-likeness (QED) is 0.786. The monoisotopic (exact) mass is 283 g/mol. The molecule has 8 heteroatoms. The van der Waals surface area contributed by atoms with Crippen LogP contribution >= 0.6 is 0 Å². The van der Waals surface area contributed by atoms with Gasteiger partial charge in [0.05, 0.1) is 18.5 Å². The highest BCUT2D eigenvalue weighted by Gasteiger charge is 2.12. The molecule has 20 heavy (non-hydrogen) atoms. The number of hydrogen-bond acceptors (Lipinski definition) is 5. The van der Waals surface area contributed by atoms with Crippen LogP contribution in [0.15, 0.2) is 30.5 Å². The number of nitrogens with zero attached hydrogens (tertiary/aromatic N) is 3. The molecule has 0 N–H and O–H groups in total. The van der Waals surface area contributed by atoms with Gasteiger partial charge in [-0.3, -0.25) is 0 Å². The third-order valence-corrected chi connectivity index (χ3v) is 2.30. The zero-order valence-electron chi connectivity index (χ0n) is 10.5. The number of carbonyl (C=O) groups is 1. The number of benzene rings is 1. The Bertz CT molecular complexity index is 584. The summed E-state index contributed by atoms with van der Waals surface area (Å²) in [6.07, 6.45) is 1.39. The van der Waals surface area contributed by atoms with Crippen LogP contribution in [0.25, 0.3) is 5.69 Å². The van der Waals surface area contributed by atoms with Crippen molar-refractivity contribution in [2.24, 2.45) is 0 Å². The zero-order chi connectivity index (χ0) is 14.5. The van der Waals surface area contributed by atoms with Gasteiger partial charge >= 0.3 is 12.6 Å². The number of aromatic nitrogens is 3. The molecular formula is C12H11F2N3O3. The molecule has 0 spiro atoms. The minimum absolute atomic E-state index is 0.0366. The Balaban J connectivity index is 2.14. The number of halogens is 2. The number of hydrogen-bond donors (Lipinski definition) is 0. The summed E-state index contributed by atoms with van der Waals surface area (Å²) in [5.74, 6) is -0.536. The van der Waals surface area contributed by atoms with Crippen LogP contribution in [0.5, 0.6) is 5.75 Å². The summed E-state index contributed by atoms with van der Waals surface area (Å²) in [4.78, 5) is 11.4. The van der Waals surface area contributed by atoms with Crippen LogP contribution in [-0.4, -0.2) is 34.2 Å². The van der Waals surface area contributed by atoms with Crippen molar-refractivity contribution in [3.63, 3.8) is 0 Å². The highest BCUT2D eigenvalue weighted by molar-refractivity contribution is 5.86. The van der Waals surface area contributed by atoms with Crippen LogP contribution in [0.2, 0.25) is 0 Å². The first-order valence-electron chi connectivity index (χ1n) is 5.75. The number of rotatable bonds is 5. The second-order valence-corrected chi connectivity index (χ2v) is 3.64. The van der Waals surface area contributed by atoms with Gasteiger partial charge in [-0.1, -0.05) is 5.21 Å². The molecule has 1 aromatic carbocycles. The molecule has 0 amide bonds. The summed E-state index contributed by atoms with van der Waals surface area (Å²) in [6.45, 7) is -0.947. The average Bonchev–Trinajstić information content (AvgIpc) is 2.89. The Kier molecular flexibility index (Phi) is 4.24. The lowest BCUT2D eigenvalue weighted by Crippen LogP contribution is -2.04.